The maximum atomic E-state index is 6.95. The molecule has 0 bridgehead atoms. The van der Waals surface area contributed by atoms with Gasteiger partial charge in [0.25, 0.3) is 0 Å². The highest BCUT2D eigenvalue weighted by molar-refractivity contribution is 7.42. The van der Waals surface area contributed by atoms with Crippen LogP contribution in [0, 0.1) is 5.41 Å². The van der Waals surface area contributed by atoms with Gasteiger partial charge in [0.15, 0.2) is 0 Å². The van der Waals surface area contributed by atoms with Gasteiger partial charge in [-0.3, -0.25) is 4.52 Å². The predicted octanol–water partition coefficient (Wildman–Crippen LogP) is 13.5. The van der Waals surface area contributed by atoms with Gasteiger partial charge in [-0.05, 0) is 95.3 Å². The Hall–Kier alpha value is -1.57. The van der Waals surface area contributed by atoms with Crippen molar-refractivity contribution in [2.45, 2.75) is 176 Å². The molecule has 0 spiro atoms. The first kappa shape index (κ1) is 37.9. The van der Waals surface area contributed by atoms with E-state index in [4.69, 9.17) is 13.6 Å². The Labute approximate surface area is 279 Å². The molecule has 4 heteroatoms. The molecule has 0 aliphatic heterocycles. The summed E-state index contributed by atoms with van der Waals surface area (Å²) in [4.78, 5) is 0. The number of unbranched alkanes of at least 4 members (excludes halogenated alkanes) is 1. The fourth-order valence-corrected chi connectivity index (χ4v) is 7.19. The molecule has 0 atom stereocenters. The van der Waals surface area contributed by atoms with Crippen LogP contribution in [0.5, 0.6) is 11.5 Å². The molecule has 2 aromatic rings. The molecule has 0 unspecified atom stereocenters. The molecular formula is C41H67O3P. The van der Waals surface area contributed by atoms with E-state index in [-0.39, 0.29) is 27.1 Å². The molecule has 3 nitrogen and oxygen atoms in total. The Bertz CT molecular complexity index is 1160. The second kappa shape index (κ2) is 15.1. The van der Waals surface area contributed by atoms with E-state index in [9.17, 15) is 0 Å². The Morgan fingerprint density at radius 2 is 1.04 bits per heavy atom. The molecule has 0 N–H and O–H groups in total. The van der Waals surface area contributed by atoms with Gasteiger partial charge in [0, 0.05) is 11.1 Å². The highest BCUT2D eigenvalue weighted by Crippen LogP contribution is 2.53. The van der Waals surface area contributed by atoms with Crippen molar-refractivity contribution in [1.82, 2.24) is 0 Å². The number of hydrogen-bond acceptors (Lipinski definition) is 3. The lowest BCUT2D eigenvalue weighted by atomic mass is 9.66. The Kier molecular flexibility index (Phi) is 12.7. The maximum Gasteiger partial charge on any atom is 0.463 e. The van der Waals surface area contributed by atoms with Gasteiger partial charge in [0.05, 0.1) is 6.61 Å². The molecule has 2 aromatic carbocycles. The van der Waals surface area contributed by atoms with Crippen LogP contribution in [0.25, 0.3) is 0 Å². The van der Waals surface area contributed by atoms with Crippen LogP contribution in [0.4, 0.5) is 0 Å². The average molecular weight is 639 g/mol. The van der Waals surface area contributed by atoms with Crippen LogP contribution >= 0.6 is 8.60 Å². The fraction of sp³-hybridized carbons (Fsp3) is 0.707. The third-order valence-corrected chi connectivity index (χ3v) is 12.8. The van der Waals surface area contributed by atoms with E-state index in [1.165, 1.54) is 60.8 Å². The maximum absolute atomic E-state index is 6.95. The molecule has 0 aromatic heterocycles. The monoisotopic (exact) mass is 638 g/mol. The van der Waals surface area contributed by atoms with Crippen LogP contribution < -0.4 is 9.05 Å². The van der Waals surface area contributed by atoms with E-state index in [0.717, 1.165) is 37.2 Å². The van der Waals surface area contributed by atoms with Gasteiger partial charge >= 0.3 is 8.60 Å². The zero-order valence-electron chi connectivity index (χ0n) is 31.4. The van der Waals surface area contributed by atoms with Crippen LogP contribution in [0.1, 0.15) is 176 Å². The van der Waals surface area contributed by atoms with Crippen molar-refractivity contribution >= 4 is 8.60 Å². The molecule has 3 rings (SSSR count). The van der Waals surface area contributed by atoms with Crippen molar-refractivity contribution in [2.24, 2.45) is 5.41 Å². The minimum Gasteiger partial charge on any atom is -0.417 e. The lowest BCUT2D eigenvalue weighted by Crippen LogP contribution is -2.34. The first-order valence-corrected chi connectivity index (χ1v) is 19.2. The first-order valence-electron chi connectivity index (χ1n) is 18.1. The van der Waals surface area contributed by atoms with Crippen molar-refractivity contribution in [2.75, 3.05) is 6.61 Å². The average Bonchev–Trinajstić information content (AvgIpc) is 3.00. The van der Waals surface area contributed by atoms with E-state index in [2.05, 4.69) is 126 Å². The van der Waals surface area contributed by atoms with Crippen molar-refractivity contribution in [3.8, 4) is 11.5 Å². The number of hydrogen-bond donors (Lipinski definition) is 0. The van der Waals surface area contributed by atoms with Gasteiger partial charge in [-0.1, -0.05) is 134 Å². The molecule has 0 amide bonds. The van der Waals surface area contributed by atoms with Crippen LogP contribution in [-0.4, -0.2) is 6.61 Å². The molecule has 0 heterocycles. The summed E-state index contributed by atoms with van der Waals surface area (Å²) in [7, 11) is -1.68. The second-order valence-electron chi connectivity index (χ2n) is 16.5. The molecule has 1 aliphatic rings. The quantitative estimate of drug-likeness (QED) is 0.152. The number of rotatable bonds is 18. The van der Waals surface area contributed by atoms with E-state index < -0.39 is 8.60 Å². The van der Waals surface area contributed by atoms with E-state index in [1.54, 1.807) is 0 Å². The fourth-order valence-electron chi connectivity index (χ4n) is 6.02. The Morgan fingerprint density at radius 3 is 1.38 bits per heavy atom. The van der Waals surface area contributed by atoms with Crippen LogP contribution in [0.3, 0.4) is 0 Å². The largest absolute Gasteiger partial charge is 0.463 e. The van der Waals surface area contributed by atoms with Gasteiger partial charge in [-0.2, -0.15) is 0 Å². The molecule has 1 fully saturated rings. The van der Waals surface area contributed by atoms with Gasteiger partial charge < -0.3 is 9.05 Å². The minimum absolute atomic E-state index is 0.0464. The summed E-state index contributed by atoms with van der Waals surface area (Å²) in [5.41, 5.74) is 5.54. The van der Waals surface area contributed by atoms with E-state index in [0.29, 0.717) is 6.61 Å². The summed E-state index contributed by atoms with van der Waals surface area (Å²) in [6, 6.07) is 13.6. The third-order valence-electron chi connectivity index (χ3n) is 11.8. The molecule has 45 heavy (non-hydrogen) atoms. The minimum atomic E-state index is -1.68. The summed E-state index contributed by atoms with van der Waals surface area (Å²) >= 11 is 0. The highest BCUT2D eigenvalue weighted by Gasteiger charge is 2.39. The lowest BCUT2D eigenvalue weighted by molar-refractivity contribution is 0.0421. The lowest BCUT2D eigenvalue weighted by Gasteiger charge is -2.42. The summed E-state index contributed by atoms with van der Waals surface area (Å²) < 4.78 is 20.7. The van der Waals surface area contributed by atoms with Crippen LogP contribution in [-0.2, 0) is 26.2 Å². The van der Waals surface area contributed by atoms with Crippen molar-refractivity contribution in [3.63, 3.8) is 0 Å². The zero-order valence-corrected chi connectivity index (χ0v) is 32.3. The summed E-state index contributed by atoms with van der Waals surface area (Å²) in [5, 5.41) is 0. The van der Waals surface area contributed by atoms with Crippen LogP contribution in [0.15, 0.2) is 36.4 Å². The third kappa shape index (κ3) is 9.07. The molecule has 1 saturated carbocycles. The predicted molar refractivity (Wildman–Crippen MR) is 196 cm³/mol. The van der Waals surface area contributed by atoms with Crippen LogP contribution in [0.2, 0.25) is 0 Å². The Morgan fingerprint density at radius 1 is 0.622 bits per heavy atom. The zero-order chi connectivity index (χ0) is 33.7. The van der Waals surface area contributed by atoms with Gasteiger partial charge in [0.2, 0.25) is 0 Å². The van der Waals surface area contributed by atoms with E-state index in [1.807, 2.05) is 0 Å². The summed E-state index contributed by atoms with van der Waals surface area (Å²) in [5.74, 6) is 1.78. The topological polar surface area (TPSA) is 27.7 Å². The summed E-state index contributed by atoms with van der Waals surface area (Å²) in [6.45, 7) is 30.7. The van der Waals surface area contributed by atoms with Crippen molar-refractivity contribution in [1.29, 1.82) is 0 Å². The summed E-state index contributed by atoms with van der Waals surface area (Å²) in [6.07, 6.45) is 11.6. The molecule has 0 saturated heterocycles. The van der Waals surface area contributed by atoms with E-state index >= 15 is 0 Å². The smallest absolute Gasteiger partial charge is 0.417 e. The van der Waals surface area contributed by atoms with Gasteiger partial charge in [-0.15, -0.1) is 0 Å². The normalized spacial score (nSPS) is 15.7. The standard InChI is InChI=1S/C41H67O3P/c1-14-19-25-41(26-20-27-41)30-42-45(43-35-23-21-31(37(6,7)15-2)28-33(35)39(10,11)17-4)44-36-24-22-32(38(8,9)16-3)29-34(36)40(12,13)18-5/h21-24,28-29H,14-20,25-27,30H2,1-13H3. The van der Waals surface area contributed by atoms with Crippen molar-refractivity contribution in [3.05, 3.63) is 58.7 Å². The van der Waals surface area contributed by atoms with Gasteiger partial charge in [0.1, 0.15) is 11.5 Å². The van der Waals surface area contributed by atoms with Crippen molar-refractivity contribution < 1.29 is 13.6 Å². The van der Waals surface area contributed by atoms with Gasteiger partial charge in [-0.25, -0.2) is 0 Å². The molecule has 254 valence electrons. The molecular weight excluding hydrogens is 571 g/mol. The Balaban J connectivity index is 2.09. The number of benzene rings is 2. The first-order chi connectivity index (χ1) is 21.0. The molecule has 0 radical (unpaired) electrons. The SMILES string of the molecule is CCCCC1(COP(Oc2ccc(C(C)(C)CC)cc2C(C)(C)CC)Oc2ccc(C(C)(C)CC)cc2C(C)(C)CC)CCC1. The highest BCUT2D eigenvalue weighted by atomic mass is 31.2. The molecule has 1 aliphatic carbocycles. The second-order valence-corrected chi connectivity index (χ2v) is 17.6.